The molecule has 0 aromatic heterocycles. The molecule has 24 heavy (non-hydrogen) atoms. The second-order valence-electron chi connectivity index (χ2n) is 5.97. The highest BCUT2D eigenvalue weighted by atomic mass is 16.5. The fourth-order valence-electron chi connectivity index (χ4n) is 2.45. The minimum absolute atomic E-state index is 0.418. The second-order valence-corrected chi connectivity index (χ2v) is 5.97. The third-order valence-corrected chi connectivity index (χ3v) is 4.04. The molecule has 0 aliphatic rings. The van der Waals surface area contributed by atoms with Crippen molar-refractivity contribution in [3.05, 3.63) is 65.2 Å². The highest BCUT2D eigenvalue weighted by molar-refractivity contribution is 5.79. The van der Waals surface area contributed by atoms with E-state index in [4.69, 9.17) is 4.74 Å². The molecule has 0 bridgehead atoms. The maximum absolute atomic E-state index is 5.25. The average Bonchev–Trinajstić information content (AvgIpc) is 2.62. The van der Waals surface area contributed by atoms with E-state index in [0.29, 0.717) is 12.5 Å². The number of methoxy groups -OCH3 is 1. The quantitative estimate of drug-likeness (QED) is 0.631. The van der Waals surface area contributed by atoms with E-state index in [9.17, 15) is 0 Å². The van der Waals surface area contributed by atoms with Gasteiger partial charge in [0.1, 0.15) is 5.75 Å². The molecule has 2 N–H and O–H groups in total. The van der Waals surface area contributed by atoms with Crippen molar-refractivity contribution in [3.8, 4) is 5.75 Å². The summed E-state index contributed by atoms with van der Waals surface area (Å²) in [7, 11) is 3.47. The Kier molecular flexibility index (Phi) is 6.67. The van der Waals surface area contributed by atoms with Crippen molar-refractivity contribution in [1.82, 2.24) is 10.6 Å². The minimum Gasteiger partial charge on any atom is -0.497 e. The first-order chi connectivity index (χ1) is 11.6. The van der Waals surface area contributed by atoms with E-state index in [1.165, 1.54) is 11.1 Å². The van der Waals surface area contributed by atoms with Crippen LogP contribution >= 0.6 is 0 Å². The minimum atomic E-state index is 0.418. The largest absolute Gasteiger partial charge is 0.497 e. The van der Waals surface area contributed by atoms with Gasteiger partial charge < -0.3 is 15.4 Å². The van der Waals surface area contributed by atoms with Gasteiger partial charge in [0.15, 0.2) is 5.96 Å². The molecule has 2 aromatic carbocycles. The summed E-state index contributed by atoms with van der Waals surface area (Å²) >= 11 is 0. The number of hydrogen-bond donors (Lipinski definition) is 2. The molecular formula is C20H27N3O. The number of nitrogens with one attached hydrogen (secondary N) is 2. The fraction of sp³-hybridized carbons (Fsp3) is 0.350. The summed E-state index contributed by atoms with van der Waals surface area (Å²) in [4.78, 5) is 4.29. The van der Waals surface area contributed by atoms with E-state index >= 15 is 0 Å². The second kappa shape index (κ2) is 8.96. The average molecular weight is 325 g/mol. The lowest BCUT2D eigenvalue weighted by molar-refractivity contribution is 0.414. The molecule has 2 rings (SSSR count). The lowest BCUT2D eigenvalue weighted by Crippen LogP contribution is -2.38. The molecule has 128 valence electrons. The predicted molar refractivity (Wildman–Crippen MR) is 101 cm³/mol. The van der Waals surface area contributed by atoms with Gasteiger partial charge in [0, 0.05) is 20.1 Å². The molecule has 0 aliphatic heterocycles. The highest BCUT2D eigenvalue weighted by Gasteiger charge is 2.06. The first kappa shape index (κ1) is 17.9. The van der Waals surface area contributed by atoms with Crippen LogP contribution in [0, 0.1) is 6.92 Å². The number of aliphatic imine (C=N–C) groups is 1. The van der Waals surface area contributed by atoms with E-state index in [2.05, 4.69) is 59.8 Å². The Balaban J connectivity index is 1.84. The molecule has 1 unspecified atom stereocenters. The summed E-state index contributed by atoms with van der Waals surface area (Å²) in [6.45, 7) is 5.86. The summed E-state index contributed by atoms with van der Waals surface area (Å²) in [6.07, 6.45) is 0. The summed E-state index contributed by atoms with van der Waals surface area (Å²) in [5.74, 6) is 2.09. The van der Waals surface area contributed by atoms with Crippen molar-refractivity contribution in [2.24, 2.45) is 4.99 Å². The van der Waals surface area contributed by atoms with E-state index < -0.39 is 0 Å². The van der Waals surface area contributed by atoms with Crippen LogP contribution in [-0.4, -0.2) is 26.7 Å². The van der Waals surface area contributed by atoms with Crippen LogP contribution in [0.15, 0.2) is 53.5 Å². The number of hydrogen-bond acceptors (Lipinski definition) is 2. The van der Waals surface area contributed by atoms with Gasteiger partial charge in [-0.05, 0) is 36.1 Å². The molecule has 0 aliphatic carbocycles. The van der Waals surface area contributed by atoms with Crippen LogP contribution in [0.2, 0.25) is 0 Å². The Bertz CT molecular complexity index is 665. The molecule has 4 nitrogen and oxygen atoms in total. The van der Waals surface area contributed by atoms with Crippen LogP contribution in [-0.2, 0) is 6.54 Å². The van der Waals surface area contributed by atoms with Crippen LogP contribution < -0.4 is 15.4 Å². The topological polar surface area (TPSA) is 45.7 Å². The zero-order valence-electron chi connectivity index (χ0n) is 15.0. The zero-order valence-corrected chi connectivity index (χ0v) is 15.0. The molecule has 2 aromatic rings. The number of benzene rings is 2. The summed E-state index contributed by atoms with van der Waals surface area (Å²) in [5.41, 5.74) is 3.77. The summed E-state index contributed by atoms with van der Waals surface area (Å²) in [5, 5.41) is 6.73. The van der Waals surface area contributed by atoms with Gasteiger partial charge in [0.05, 0.1) is 7.11 Å². The van der Waals surface area contributed by atoms with Crippen molar-refractivity contribution < 1.29 is 4.74 Å². The Morgan fingerprint density at radius 3 is 2.54 bits per heavy atom. The van der Waals surface area contributed by atoms with Gasteiger partial charge >= 0.3 is 0 Å². The monoisotopic (exact) mass is 325 g/mol. The first-order valence-corrected chi connectivity index (χ1v) is 8.26. The molecule has 0 radical (unpaired) electrons. The Morgan fingerprint density at radius 1 is 1.12 bits per heavy atom. The van der Waals surface area contributed by atoms with Gasteiger partial charge in [-0.3, -0.25) is 4.99 Å². The molecule has 0 heterocycles. The van der Waals surface area contributed by atoms with Crippen LogP contribution in [0.3, 0.4) is 0 Å². The summed E-state index contributed by atoms with van der Waals surface area (Å²) < 4.78 is 5.25. The van der Waals surface area contributed by atoms with Crippen molar-refractivity contribution in [3.63, 3.8) is 0 Å². The molecule has 4 heteroatoms. The van der Waals surface area contributed by atoms with Gasteiger partial charge in [-0.1, -0.05) is 48.9 Å². The Labute approximate surface area is 145 Å². The number of rotatable bonds is 6. The smallest absolute Gasteiger partial charge is 0.191 e. The van der Waals surface area contributed by atoms with E-state index in [0.717, 1.165) is 23.8 Å². The third-order valence-electron chi connectivity index (χ3n) is 4.04. The Morgan fingerprint density at radius 2 is 1.88 bits per heavy atom. The SMILES string of the molecule is CN=C(NCc1cccc(OC)c1)NCC(C)c1ccc(C)cc1. The van der Waals surface area contributed by atoms with Crippen LogP contribution in [0.5, 0.6) is 5.75 Å². The lowest BCUT2D eigenvalue weighted by Gasteiger charge is -2.17. The molecule has 1 atom stereocenters. The molecular weight excluding hydrogens is 298 g/mol. The van der Waals surface area contributed by atoms with Crippen molar-refractivity contribution in [2.45, 2.75) is 26.3 Å². The number of guanidine groups is 1. The maximum atomic E-state index is 5.25. The number of ether oxygens (including phenoxy) is 1. The molecule has 0 amide bonds. The first-order valence-electron chi connectivity index (χ1n) is 8.26. The lowest BCUT2D eigenvalue weighted by atomic mass is 10.0. The van der Waals surface area contributed by atoms with Gasteiger partial charge in [-0.2, -0.15) is 0 Å². The normalized spacial score (nSPS) is 12.6. The van der Waals surface area contributed by atoms with E-state index in [-0.39, 0.29) is 0 Å². The number of aryl methyl sites for hydroxylation is 1. The fourth-order valence-corrected chi connectivity index (χ4v) is 2.45. The predicted octanol–water partition coefficient (Wildman–Crippen LogP) is 3.47. The summed E-state index contributed by atoms with van der Waals surface area (Å²) in [6, 6.07) is 16.7. The molecule has 0 saturated carbocycles. The van der Waals surface area contributed by atoms with Crippen LogP contribution in [0.4, 0.5) is 0 Å². The van der Waals surface area contributed by atoms with Crippen molar-refractivity contribution in [1.29, 1.82) is 0 Å². The highest BCUT2D eigenvalue weighted by Crippen LogP contribution is 2.15. The standard InChI is InChI=1S/C20H27N3O/c1-15-8-10-18(11-9-15)16(2)13-22-20(21-3)23-14-17-6-5-7-19(12-17)24-4/h5-12,16H,13-14H2,1-4H3,(H2,21,22,23). The van der Waals surface area contributed by atoms with Crippen molar-refractivity contribution >= 4 is 5.96 Å². The third kappa shape index (κ3) is 5.30. The van der Waals surface area contributed by atoms with Gasteiger partial charge in [0.2, 0.25) is 0 Å². The van der Waals surface area contributed by atoms with Crippen molar-refractivity contribution in [2.75, 3.05) is 20.7 Å². The number of nitrogens with zero attached hydrogens (tertiary/aromatic N) is 1. The van der Waals surface area contributed by atoms with E-state index in [1.54, 1.807) is 14.2 Å². The zero-order chi connectivity index (χ0) is 17.4. The Hall–Kier alpha value is -2.49. The molecule has 0 saturated heterocycles. The van der Waals surface area contributed by atoms with Gasteiger partial charge in [0.25, 0.3) is 0 Å². The molecule has 0 spiro atoms. The van der Waals surface area contributed by atoms with Crippen LogP contribution in [0.25, 0.3) is 0 Å². The van der Waals surface area contributed by atoms with Gasteiger partial charge in [-0.25, -0.2) is 0 Å². The molecule has 0 fully saturated rings. The van der Waals surface area contributed by atoms with E-state index in [1.807, 2.05) is 18.2 Å². The van der Waals surface area contributed by atoms with Gasteiger partial charge in [-0.15, -0.1) is 0 Å². The maximum Gasteiger partial charge on any atom is 0.191 e. The van der Waals surface area contributed by atoms with Crippen LogP contribution in [0.1, 0.15) is 29.5 Å².